The van der Waals surface area contributed by atoms with Gasteiger partial charge in [-0.25, -0.2) is 0 Å². The molecule has 1 aromatic rings. The van der Waals surface area contributed by atoms with E-state index >= 15 is 0 Å². The number of nitrogens with zero attached hydrogens (tertiary/aromatic N) is 1. The zero-order chi connectivity index (χ0) is 16.5. The first kappa shape index (κ1) is 18.0. The zero-order valence-corrected chi connectivity index (χ0v) is 13.8. The van der Waals surface area contributed by atoms with E-state index in [1.165, 1.54) is 0 Å². The Labute approximate surface area is 132 Å². The first-order valence-electron chi connectivity index (χ1n) is 7.62. The number of ether oxygens (including phenoxy) is 2. The number of carbonyl (C=O) groups is 2. The molecule has 0 aliphatic heterocycles. The molecule has 0 N–H and O–H groups in total. The van der Waals surface area contributed by atoms with Crippen molar-refractivity contribution in [2.24, 2.45) is 0 Å². The van der Waals surface area contributed by atoms with Crippen molar-refractivity contribution in [2.45, 2.75) is 34.1 Å². The van der Waals surface area contributed by atoms with E-state index < -0.39 is 0 Å². The van der Waals surface area contributed by atoms with Gasteiger partial charge in [-0.2, -0.15) is 0 Å². The van der Waals surface area contributed by atoms with E-state index in [1.807, 2.05) is 39.0 Å². The number of aryl methyl sites for hydroxylation is 2. The summed E-state index contributed by atoms with van der Waals surface area (Å²) >= 11 is 0. The van der Waals surface area contributed by atoms with E-state index in [9.17, 15) is 9.59 Å². The summed E-state index contributed by atoms with van der Waals surface area (Å²) in [5, 5.41) is 0. The highest BCUT2D eigenvalue weighted by molar-refractivity contribution is 5.78. The minimum atomic E-state index is -0.288. The predicted octanol–water partition coefficient (Wildman–Crippen LogP) is 2.48. The molecule has 5 heteroatoms. The van der Waals surface area contributed by atoms with Crippen LogP contribution in [0.25, 0.3) is 0 Å². The van der Waals surface area contributed by atoms with Crippen LogP contribution in [0.15, 0.2) is 18.2 Å². The summed E-state index contributed by atoms with van der Waals surface area (Å²) in [6.45, 7) is 8.76. The second-order valence-electron chi connectivity index (χ2n) is 5.04. The number of esters is 1. The molecule has 0 aliphatic carbocycles. The van der Waals surface area contributed by atoms with Crippen molar-refractivity contribution in [3.8, 4) is 5.75 Å². The van der Waals surface area contributed by atoms with Crippen molar-refractivity contribution in [1.29, 1.82) is 0 Å². The maximum absolute atomic E-state index is 12.2. The molecule has 0 aromatic heterocycles. The lowest BCUT2D eigenvalue weighted by Crippen LogP contribution is -2.36. The molecular formula is C17H25NO4. The van der Waals surface area contributed by atoms with Crippen molar-refractivity contribution in [2.75, 3.05) is 26.3 Å². The lowest BCUT2D eigenvalue weighted by atomic mass is 10.1. The lowest BCUT2D eigenvalue weighted by molar-refractivity contribution is -0.144. The number of carbonyl (C=O) groups excluding carboxylic acids is 2. The van der Waals surface area contributed by atoms with Gasteiger partial charge in [0.05, 0.1) is 13.0 Å². The molecule has 0 bridgehead atoms. The van der Waals surface area contributed by atoms with Gasteiger partial charge in [-0.05, 0) is 38.8 Å². The molecule has 0 atom stereocenters. The van der Waals surface area contributed by atoms with Crippen LogP contribution in [0.3, 0.4) is 0 Å². The number of likely N-dealkylation sites (N-methyl/N-ethyl adjacent to an activating group) is 1. The maximum Gasteiger partial charge on any atom is 0.307 e. The van der Waals surface area contributed by atoms with Crippen molar-refractivity contribution >= 4 is 11.9 Å². The van der Waals surface area contributed by atoms with E-state index in [4.69, 9.17) is 9.47 Å². The Balaban J connectivity index is 2.53. The van der Waals surface area contributed by atoms with E-state index in [-0.39, 0.29) is 24.9 Å². The first-order valence-corrected chi connectivity index (χ1v) is 7.62. The fourth-order valence-electron chi connectivity index (χ4n) is 2.17. The van der Waals surface area contributed by atoms with Gasteiger partial charge in [-0.1, -0.05) is 18.2 Å². The summed E-state index contributed by atoms with van der Waals surface area (Å²) < 4.78 is 10.5. The second kappa shape index (κ2) is 9.07. The van der Waals surface area contributed by atoms with Crippen LogP contribution in [0.2, 0.25) is 0 Å². The van der Waals surface area contributed by atoms with Crippen LogP contribution in [0, 0.1) is 13.8 Å². The summed E-state index contributed by atoms with van der Waals surface area (Å²) in [4.78, 5) is 25.2. The molecule has 0 radical (unpaired) electrons. The Morgan fingerprint density at radius 3 is 2.32 bits per heavy atom. The summed E-state index contributed by atoms with van der Waals surface area (Å²) in [5.74, 6) is 0.330. The number of amides is 1. The first-order chi connectivity index (χ1) is 10.5. The van der Waals surface area contributed by atoms with E-state index in [2.05, 4.69) is 0 Å². The number of hydrogen-bond acceptors (Lipinski definition) is 4. The van der Waals surface area contributed by atoms with Crippen molar-refractivity contribution < 1.29 is 19.1 Å². The Bertz CT molecular complexity index is 493. The minimum absolute atomic E-state index is 0.0254. The molecule has 0 spiro atoms. The van der Waals surface area contributed by atoms with Gasteiger partial charge in [0.15, 0.2) is 6.61 Å². The fraction of sp³-hybridized carbons (Fsp3) is 0.529. The summed E-state index contributed by atoms with van der Waals surface area (Å²) in [6, 6.07) is 5.85. The van der Waals surface area contributed by atoms with Gasteiger partial charge in [-0.3, -0.25) is 9.59 Å². The van der Waals surface area contributed by atoms with E-state index in [0.29, 0.717) is 19.7 Å². The Kier molecular flexibility index (Phi) is 7.43. The third-order valence-electron chi connectivity index (χ3n) is 3.37. The molecule has 1 aromatic carbocycles. The zero-order valence-electron chi connectivity index (χ0n) is 13.8. The smallest absolute Gasteiger partial charge is 0.307 e. The van der Waals surface area contributed by atoms with Gasteiger partial charge in [0.1, 0.15) is 5.75 Å². The molecule has 1 amide bonds. The molecule has 5 nitrogen and oxygen atoms in total. The molecule has 122 valence electrons. The van der Waals surface area contributed by atoms with Crippen LogP contribution in [-0.4, -0.2) is 43.1 Å². The van der Waals surface area contributed by atoms with Crippen LogP contribution in [0.4, 0.5) is 0 Å². The molecular weight excluding hydrogens is 282 g/mol. The minimum Gasteiger partial charge on any atom is -0.483 e. The highest BCUT2D eigenvalue weighted by atomic mass is 16.5. The average Bonchev–Trinajstić information content (AvgIpc) is 2.47. The van der Waals surface area contributed by atoms with Crippen LogP contribution < -0.4 is 4.74 Å². The van der Waals surface area contributed by atoms with Gasteiger partial charge < -0.3 is 14.4 Å². The van der Waals surface area contributed by atoms with E-state index in [0.717, 1.165) is 16.9 Å². The molecule has 0 heterocycles. The van der Waals surface area contributed by atoms with Crippen LogP contribution in [-0.2, 0) is 14.3 Å². The Morgan fingerprint density at radius 1 is 1.14 bits per heavy atom. The van der Waals surface area contributed by atoms with Gasteiger partial charge >= 0.3 is 5.97 Å². The third-order valence-corrected chi connectivity index (χ3v) is 3.37. The standard InChI is InChI=1S/C17H25NO4/c1-5-18(11-10-16(20)21-6-2)15(19)12-22-17-13(3)8-7-9-14(17)4/h7-9H,5-6,10-12H2,1-4H3. The van der Waals surface area contributed by atoms with Crippen molar-refractivity contribution in [3.63, 3.8) is 0 Å². The SMILES string of the molecule is CCOC(=O)CCN(CC)C(=O)COc1c(C)cccc1C. The summed E-state index contributed by atoms with van der Waals surface area (Å²) in [5.41, 5.74) is 2.00. The Hall–Kier alpha value is -2.04. The third kappa shape index (κ3) is 5.39. The molecule has 1 rings (SSSR count). The van der Waals surface area contributed by atoms with E-state index in [1.54, 1.807) is 11.8 Å². The molecule has 0 unspecified atom stereocenters. The molecule has 0 saturated carbocycles. The van der Waals surface area contributed by atoms with Crippen LogP contribution in [0.5, 0.6) is 5.75 Å². The summed E-state index contributed by atoms with van der Waals surface area (Å²) in [6.07, 6.45) is 0.205. The van der Waals surface area contributed by atoms with Crippen LogP contribution >= 0.6 is 0 Å². The molecule has 22 heavy (non-hydrogen) atoms. The maximum atomic E-state index is 12.2. The highest BCUT2D eigenvalue weighted by Crippen LogP contribution is 2.22. The number of para-hydroxylation sites is 1. The van der Waals surface area contributed by atoms with Crippen LogP contribution in [0.1, 0.15) is 31.4 Å². The topological polar surface area (TPSA) is 55.8 Å². The quantitative estimate of drug-likeness (QED) is 0.692. The van der Waals surface area contributed by atoms with Crippen molar-refractivity contribution in [3.05, 3.63) is 29.3 Å². The van der Waals surface area contributed by atoms with Crippen molar-refractivity contribution in [1.82, 2.24) is 4.90 Å². The lowest BCUT2D eigenvalue weighted by Gasteiger charge is -2.21. The van der Waals surface area contributed by atoms with Gasteiger partial charge in [0.2, 0.25) is 0 Å². The molecule has 0 fully saturated rings. The molecule has 0 saturated heterocycles. The average molecular weight is 307 g/mol. The van der Waals surface area contributed by atoms with Gasteiger partial charge in [0, 0.05) is 13.1 Å². The largest absolute Gasteiger partial charge is 0.483 e. The Morgan fingerprint density at radius 2 is 1.77 bits per heavy atom. The highest BCUT2D eigenvalue weighted by Gasteiger charge is 2.15. The molecule has 0 aliphatic rings. The predicted molar refractivity (Wildman–Crippen MR) is 84.9 cm³/mol. The van der Waals surface area contributed by atoms with Gasteiger partial charge in [0.25, 0.3) is 5.91 Å². The number of hydrogen-bond donors (Lipinski definition) is 0. The van der Waals surface area contributed by atoms with Gasteiger partial charge in [-0.15, -0.1) is 0 Å². The monoisotopic (exact) mass is 307 g/mol. The second-order valence-corrected chi connectivity index (χ2v) is 5.04. The number of benzene rings is 1. The normalized spacial score (nSPS) is 10.2. The fourth-order valence-corrected chi connectivity index (χ4v) is 2.17. The summed E-state index contributed by atoms with van der Waals surface area (Å²) in [7, 11) is 0. The number of rotatable bonds is 8.